The van der Waals surface area contributed by atoms with Crippen molar-refractivity contribution in [3.05, 3.63) is 89.5 Å². The summed E-state index contributed by atoms with van der Waals surface area (Å²) in [7, 11) is 0. The zero-order valence-corrected chi connectivity index (χ0v) is 15.4. The topological polar surface area (TPSA) is 117 Å². The van der Waals surface area contributed by atoms with E-state index in [0.29, 0.717) is 34.9 Å². The summed E-state index contributed by atoms with van der Waals surface area (Å²) in [4.78, 5) is 23.3. The molecule has 144 valence electrons. The number of hydrogen-bond donors (Lipinski definition) is 3. The third kappa shape index (κ3) is 5.58. The third-order valence-electron chi connectivity index (χ3n) is 3.97. The molecule has 7 nitrogen and oxygen atoms in total. The van der Waals surface area contributed by atoms with Crippen LogP contribution in [-0.4, -0.2) is 11.9 Å². The van der Waals surface area contributed by atoms with E-state index in [4.69, 9.17) is 15.7 Å². The molecule has 4 N–H and O–H groups in total. The van der Waals surface area contributed by atoms with Gasteiger partial charge in [-0.3, -0.25) is 4.79 Å². The molecule has 0 aliphatic heterocycles. The van der Waals surface area contributed by atoms with E-state index in [-0.39, 0.29) is 5.91 Å². The Morgan fingerprint density at radius 2 is 1.69 bits per heavy atom. The van der Waals surface area contributed by atoms with E-state index in [1.54, 1.807) is 66.7 Å². The monoisotopic (exact) mass is 386 g/mol. The third-order valence-corrected chi connectivity index (χ3v) is 3.97. The average Bonchev–Trinajstić information content (AvgIpc) is 2.73. The molecule has 0 spiro atoms. The van der Waals surface area contributed by atoms with Crippen molar-refractivity contribution in [2.75, 3.05) is 10.6 Å². The number of amides is 3. The molecule has 0 unspecified atom stereocenters. The molecule has 3 rings (SSSR count). The standard InChI is InChI=1S/C22H18N4O3/c23-13-15-3-1-4-16(11-15)14-29-20-6-2-5-19(12-20)25-21(27)17-7-9-18(10-8-17)26-22(24)28/h1-12H,14H2,(H,25,27)(H3,24,26,28). The van der Waals surface area contributed by atoms with Crippen molar-refractivity contribution in [3.63, 3.8) is 0 Å². The molecule has 0 bridgehead atoms. The maximum atomic E-state index is 12.4. The Kier molecular flexibility index (Phi) is 6.08. The summed E-state index contributed by atoms with van der Waals surface area (Å²) >= 11 is 0. The molecule has 0 atom stereocenters. The number of nitrogens with zero attached hydrogens (tertiary/aromatic N) is 1. The summed E-state index contributed by atoms with van der Waals surface area (Å²) in [6.07, 6.45) is 0. The van der Waals surface area contributed by atoms with Crippen LogP contribution < -0.4 is 21.1 Å². The molecule has 0 saturated carbocycles. The van der Waals surface area contributed by atoms with Crippen molar-refractivity contribution in [1.82, 2.24) is 0 Å². The van der Waals surface area contributed by atoms with Gasteiger partial charge in [-0.05, 0) is 54.1 Å². The Bertz CT molecular complexity index is 1070. The number of nitriles is 1. The summed E-state index contributed by atoms with van der Waals surface area (Å²) in [5, 5.41) is 14.2. The van der Waals surface area contributed by atoms with Crippen LogP contribution in [0, 0.1) is 11.3 Å². The second kappa shape index (κ2) is 9.06. The number of hydrogen-bond acceptors (Lipinski definition) is 4. The van der Waals surface area contributed by atoms with Gasteiger partial charge in [-0.1, -0.05) is 18.2 Å². The zero-order chi connectivity index (χ0) is 20.6. The summed E-state index contributed by atoms with van der Waals surface area (Å²) in [6.45, 7) is 0.307. The molecular formula is C22H18N4O3. The van der Waals surface area contributed by atoms with Crippen LogP contribution in [0.15, 0.2) is 72.8 Å². The van der Waals surface area contributed by atoms with Gasteiger partial charge in [-0.2, -0.15) is 5.26 Å². The first-order valence-electron chi connectivity index (χ1n) is 8.73. The Morgan fingerprint density at radius 3 is 2.41 bits per heavy atom. The van der Waals surface area contributed by atoms with E-state index in [1.165, 1.54) is 0 Å². The minimum absolute atomic E-state index is 0.297. The molecule has 0 saturated heterocycles. The van der Waals surface area contributed by atoms with Crippen LogP contribution in [0.3, 0.4) is 0 Å². The SMILES string of the molecule is N#Cc1cccc(COc2cccc(NC(=O)c3ccc(NC(N)=O)cc3)c2)c1. The molecule has 0 heterocycles. The van der Waals surface area contributed by atoms with E-state index in [9.17, 15) is 9.59 Å². The maximum absolute atomic E-state index is 12.4. The molecule has 0 aromatic heterocycles. The Hall–Kier alpha value is -4.31. The fraction of sp³-hybridized carbons (Fsp3) is 0.0455. The first-order chi connectivity index (χ1) is 14.0. The van der Waals surface area contributed by atoms with Gasteiger partial charge < -0.3 is 21.1 Å². The lowest BCUT2D eigenvalue weighted by atomic mass is 10.1. The number of urea groups is 1. The number of carbonyl (C=O) groups is 2. The van der Waals surface area contributed by atoms with Crippen molar-refractivity contribution in [2.24, 2.45) is 5.73 Å². The van der Waals surface area contributed by atoms with Gasteiger partial charge in [-0.25, -0.2) is 4.79 Å². The van der Waals surface area contributed by atoms with Gasteiger partial charge in [0.25, 0.3) is 5.91 Å². The summed E-state index contributed by atoms with van der Waals surface area (Å²) in [5.41, 5.74) is 8.03. The normalized spacial score (nSPS) is 9.90. The quantitative estimate of drug-likeness (QED) is 0.596. The lowest BCUT2D eigenvalue weighted by Gasteiger charge is -2.10. The summed E-state index contributed by atoms with van der Waals surface area (Å²) < 4.78 is 5.76. The van der Waals surface area contributed by atoms with Crippen LogP contribution in [0.1, 0.15) is 21.5 Å². The smallest absolute Gasteiger partial charge is 0.316 e. The van der Waals surface area contributed by atoms with E-state index in [0.717, 1.165) is 5.56 Å². The van der Waals surface area contributed by atoms with Crippen LogP contribution >= 0.6 is 0 Å². The maximum Gasteiger partial charge on any atom is 0.316 e. The van der Waals surface area contributed by atoms with Gasteiger partial charge in [-0.15, -0.1) is 0 Å². The van der Waals surface area contributed by atoms with E-state index < -0.39 is 6.03 Å². The number of nitrogens with two attached hydrogens (primary N) is 1. The first-order valence-corrected chi connectivity index (χ1v) is 8.73. The van der Waals surface area contributed by atoms with Gasteiger partial charge in [0.05, 0.1) is 11.6 Å². The van der Waals surface area contributed by atoms with Crippen molar-refractivity contribution in [2.45, 2.75) is 6.61 Å². The highest BCUT2D eigenvalue weighted by atomic mass is 16.5. The molecule has 29 heavy (non-hydrogen) atoms. The van der Waals surface area contributed by atoms with Crippen molar-refractivity contribution in [1.29, 1.82) is 5.26 Å². The van der Waals surface area contributed by atoms with Crippen LogP contribution in [0.4, 0.5) is 16.2 Å². The van der Waals surface area contributed by atoms with Crippen molar-refractivity contribution < 1.29 is 14.3 Å². The number of carbonyl (C=O) groups excluding carboxylic acids is 2. The van der Waals surface area contributed by atoms with E-state index in [1.807, 2.05) is 6.07 Å². The molecule has 0 fully saturated rings. The summed E-state index contributed by atoms with van der Waals surface area (Å²) in [5.74, 6) is 0.292. The van der Waals surface area contributed by atoms with Crippen molar-refractivity contribution >= 4 is 23.3 Å². The highest BCUT2D eigenvalue weighted by Crippen LogP contribution is 2.20. The number of primary amides is 1. The second-order valence-electron chi connectivity index (χ2n) is 6.15. The minimum atomic E-state index is -0.668. The molecule has 7 heteroatoms. The predicted octanol–water partition coefficient (Wildman–Crippen LogP) is 3.88. The predicted molar refractivity (Wildman–Crippen MR) is 110 cm³/mol. The molecular weight excluding hydrogens is 368 g/mol. The van der Waals surface area contributed by atoms with Gasteiger partial charge in [0.2, 0.25) is 0 Å². The number of anilines is 2. The molecule has 0 aliphatic carbocycles. The lowest BCUT2D eigenvalue weighted by molar-refractivity contribution is 0.102. The van der Waals surface area contributed by atoms with Crippen LogP contribution in [0.25, 0.3) is 0 Å². The highest BCUT2D eigenvalue weighted by Gasteiger charge is 2.07. The van der Waals surface area contributed by atoms with E-state index >= 15 is 0 Å². The van der Waals surface area contributed by atoms with Gasteiger partial charge in [0.15, 0.2) is 0 Å². The number of nitrogens with one attached hydrogen (secondary N) is 2. The summed E-state index contributed by atoms with van der Waals surface area (Å²) in [6, 6.07) is 22.0. The molecule has 3 aromatic rings. The minimum Gasteiger partial charge on any atom is -0.489 e. The number of benzene rings is 3. The fourth-order valence-electron chi connectivity index (χ4n) is 2.61. The van der Waals surface area contributed by atoms with Gasteiger partial charge in [0.1, 0.15) is 12.4 Å². The Balaban J connectivity index is 1.62. The van der Waals surface area contributed by atoms with Crippen LogP contribution in [-0.2, 0) is 6.61 Å². The molecule has 0 aliphatic rings. The van der Waals surface area contributed by atoms with Gasteiger partial charge >= 0.3 is 6.03 Å². The first kappa shape index (κ1) is 19.5. The van der Waals surface area contributed by atoms with E-state index in [2.05, 4.69) is 16.7 Å². The molecule has 0 radical (unpaired) electrons. The van der Waals surface area contributed by atoms with Gasteiger partial charge in [0, 0.05) is 23.0 Å². The highest BCUT2D eigenvalue weighted by molar-refractivity contribution is 6.04. The van der Waals surface area contributed by atoms with Crippen molar-refractivity contribution in [3.8, 4) is 11.8 Å². The average molecular weight is 386 g/mol. The lowest BCUT2D eigenvalue weighted by Crippen LogP contribution is -2.19. The number of ether oxygens (including phenoxy) is 1. The molecule has 3 aromatic carbocycles. The van der Waals surface area contributed by atoms with Crippen LogP contribution in [0.2, 0.25) is 0 Å². The zero-order valence-electron chi connectivity index (χ0n) is 15.4. The Morgan fingerprint density at radius 1 is 0.931 bits per heavy atom. The van der Waals surface area contributed by atoms with Crippen LogP contribution in [0.5, 0.6) is 5.75 Å². The fourth-order valence-corrected chi connectivity index (χ4v) is 2.61. The second-order valence-corrected chi connectivity index (χ2v) is 6.15. The number of rotatable bonds is 6. The molecule has 3 amide bonds. The Labute approximate surface area is 167 Å². The largest absolute Gasteiger partial charge is 0.489 e.